The highest BCUT2D eigenvalue weighted by atomic mass is 35.5. The van der Waals surface area contributed by atoms with Gasteiger partial charge in [-0.1, -0.05) is 54.1 Å². The molecule has 3 aromatic carbocycles. The molecule has 0 atom stereocenters. The first-order valence-electron chi connectivity index (χ1n) is 8.46. The molecular weight excluding hydrogens is 376 g/mol. The van der Waals surface area contributed by atoms with Crippen molar-refractivity contribution in [2.75, 3.05) is 0 Å². The average molecular weight is 389 g/mol. The molecule has 2 heterocycles. The SMILES string of the molecule is Clc1ccccc1Oc1cc(-c2nc3ccccc3s2)c2ccccc2n1. The van der Waals surface area contributed by atoms with Crippen LogP contribution in [0.3, 0.4) is 0 Å². The van der Waals surface area contributed by atoms with Gasteiger partial charge >= 0.3 is 0 Å². The van der Waals surface area contributed by atoms with Crippen molar-refractivity contribution in [3.05, 3.63) is 83.9 Å². The van der Waals surface area contributed by atoms with Crippen LogP contribution in [0.5, 0.6) is 11.6 Å². The van der Waals surface area contributed by atoms with Crippen LogP contribution in [0, 0.1) is 0 Å². The first-order valence-corrected chi connectivity index (χ1v) is 9.65. The largest absolute Gasteiger partial charge is 0.437 e. The van der Waals surface area contributed by atoms with E-state index in [1.165, 1.54) is 0 Å². The third-order valence-corrected chi connectivity index (χ3v) is 5.65. The Morgan fingerprint density at radius 3 is 2.37 bits per heavy atom. The van der Waals surface area contributed by atoms with Crippen LogP contribution in [0.2, 0.25) is 5.02 Å². The van der Waals surface area contributed by atoms with Crippen LogP contribution >= 0.6 is 22.9 Å². The number of halogens is 1. The Morgan fingerprint density at radius 2 is 1.52 bits per heavy atom. The van der Waals surface area contributed by atoms with Crippen LogP contribution in [-0.4, -0.2) is 9.97 Å². The van der Waals surface area contributed by atoms with Crippen LogP contribution < -0.4 is 4.74 Å². The number of fused-ring (bicyclic) bond motifs is 2. The summed E-state index contributed by atoms with van der Waals surface area (Å²) in [6, 6.07) is 25.5. The molecule has 0 aliphatic heterocycles. The van der Waals surface area contributed by atoms with Crippen molar-refractivity contribution in [1.82, 2.24) is 9.97 Å². The lowest BCUT2D eigenvalue weighted by Crippen LogP contribution is -1.92. The summed E-state index contributed by atoms with van der Waals surface area (Å²) >= 11 is 7.90. The number of pyridine rings is 1. The number of thiazole rings is 1. The van der Waals surface area contributed by atoms with Gasteiger partial charge in [-0.15, -0.1) is 11.3 Å². The van der Waals surface area contributed by atoms with Gasteiger partial charge in [-0.3, -0.25) is 0 Å². The molecule has 0 amide bonds. The molecule has 0 spiro atoms. The highest BCUT2D eigenvalue weighted by Crippen LogP contribution is 2.37. The molecule has 0 saturated heterocycles. The van der Waals surface area contributed by atoms with Gasteiger partial charge < -0.3 is 4.74 Å². The summed E-state index contributed by atoms with van der Waals surface area (Å²) < 4.78 is 7.14. The maximum Gasteiger partial charge on any atom is 0.220 e. The molecule has 130 valence electrons. The summed E-state index contributed by atoms with van der Waals surface area (Å²) in [5, 5.41) is 2.54. The Morgan fingerprint density at radius 1 is 0.778 bits per heavy atom. The minimum Gasteiger partial charge on any atom is -0.437 e. The molecule has 0 unspecified atom stereocenters. The van der Waals surface area contributed by atoms with E-state index in [-0.39, 0.29) is 0 Å². The van der Waals surface area contributed by atoms with Crippen LogP contribution in [0.15, 0.2) is 78.9 Å². The number of aromatic nitrogens is 2. The predicted octanol–water partition coefficient (Wildman–Crippen LogP) is 6.96. The minimum atomic E-state index is 0.496. The molecule has 5 aromatic rings. The van der Waals surface area contributed by atoms with E-state index < -0.39 is 0 Å². The zero-order valence-corrected chi connectivity index (χ0v) is 15.7. The van der Waals surface area contributed by atoms with Gasteiger partial charge in [0.25, 0.3) is 0 Å². The van der Waals surface area contributed by atoms with Gasteiger partial charge in [-0.2, -0.15) is 0 Å². The number of benzene rings is 3. The number of para-hydroxylation sites is 3. The Hall–Kier alpha value is -2.95. The standard InChI is InChI=1S/C22H13ClN2OS/c23-16-8-2-5-11-19(16)26-21-13-15(14-7-1-3-9-17(14)24-21)22-25-18-10-4-6-12-20(18)27-22/h1-13H. The lowest BCUT2D eigenvalue weighted by Gasteiger charge is -2.10. The third kappa shape index (κ3) is 3.03. The maximum atomic E-state index is 6.24. The van der Waals surface area contributed by atoms with Crippen molar-refractivity contribution in [3.63, 3.8) is 0 Å². The Labute approximate surface area is 164 Å². The third-order valence-electron chi connectivity index (χ3n) is 4.27. The van der Waals surface area contributed by atoms with Crippen molar-refractivity contribution < 1.29 is 4.74 Å². The smallest absolute Gasteiger partial charge is 0.220 e. The lowest BCUT2D eigenvalue weighted by molar-refractivity contribution is 0.465. The summed E-state index contributed by atoms with van der Waals surface area (Å²) in [6.07, 6.45) is 0. The summed E-state index contributed by atoms with van der Waals surface area (Å²) in [4.78, 5) is 9.46. The normalized spacial score (nSPS) is 11.1. The van der Waals surface area contributed by atoms with E-state index in [4.69, 9.17) is 21.3 Å². The minimum absolute atomic E-state index is 0.496. The molecule has 27 heavy (non-hydrogen) atoms. The van der Waals surface area contributed by atoms with Crippen molar-refractivity contribution in [3.8, 4) is 22.2 Å². The van der Waals surface area contributed by atoms with Crippen molar-refractivity contribution >= 4 is 44.1 Å². The topological polar surface area (TPSA) is 35.0 Å². The summed E-state index contributed by atoms with van der Waals surface area (Å²) in [6.45, 7) is 0. The predicted molar refractivity (Wildman–Crippen MR) is 112 cm³/mol. The molecule has 0 fully saturated rings. The molecule has 5 rings (SSSR count). The molecule has 2 aromatic heterocycles. The van der Waals surface area contributed by atoms with E-state index in [0.29, 0.717) is 16.7 Å². The summed E-state index contributed by atoms with van der Waals surface area (Å²) in [5.41, 5.74) is 2.85. The molecule has 3 nitrogen and oxygen atoms in total. The Balaban J connectivity index is 1.69. The van der Waals surface area contributed by atoms with Crippen molar-refractivity contribution in [2.24, 2.45) is 0 Å². The number of ether oxygens (including phenoxy) is 1. The fourth-order valence-corrected chi connectivity index (χ4v) is 4.18. The Bertz CT molecular complexity index is 1250. The second kappa shape index (κ2) is 6.65. The van der Waals surface area contributed by atoms with E-state index in [2.05, 4.69) is 17.1 Å². The van der Waals surface area contributed by atoms with Gasteiger partial charge in [0.2, 0.25) is 5.88 Å². The summed E-state index contributed by atoms with van der Waals surface area (Å²) in [5.74, 6) is 1.08. The van der Waals surface area contributed by atoms with Crippen LogP contribution in [0.25, 0.3) is 31.7 Å². The first kappa shape index (κ1) is 16.2. The van der Waals surface area contributed by atoms with Gasteiger partial charge in [0.15, 0.2) is 0 Å². The van der Waals surface area contributed by atoms with E-state index in [1.54, 1.807) is 17.4 Å². The summed E-state index contributed by atoms with van der Waals surface area (Å²) in [7, 11) is 0. The highest BCUT2D eigenvalue weighted by molar-refractivity contribution is 7.21. The lowest BCUT2D eigenvalue weighted by atomic mass is 10.1. The quantitative estimate of drug-likeness (QED) is 0.335. The second-order valence-electron chi connectivity index (χ2n) is 6.04. The van der Waals surface area contributed by atoms with Gasteiger partial charge in [-0.05, 0) is 30.3 Å². The molecule has 0 aliphatic carbocycles. The van der Waals surface area contributed by atoms with E-state index in [0.717, 1.165) is 31.7 Å². The second-order valence-corrected chi connectivity index (χ2v) is 7.48. The average Bonchev–Trinajstić information content (AvgIpc) is 3.13. The number of hydrogen-bond donors (Lipinski definition) is 0. The first-order chi connectivity index (χ1) is 13.3. The number of hydrogen-bond acceptors (Lipinski definition) is 4. The van der Waals surface area contributed by atoms with Crippen LogP contribution in [0.1, 0.15) is 0 Å². The fraction of sp³-hybridized carbons (Fsp3) is 0. The molecule has 0 bridgehead atoms. The monoisotopic (exact) mass is 388 g/mol. The van der Waals surface area contributed by atoms with E-state index in [9.17, 15) is 0 Å². The molecule has 0 aliphatic rings. The molecular formula is C22H13ClN2OS. The zero-order chi connectivity index (χ0) is 18.2. The van der Waals surface area contributed by atoms with Crippen LogP contribution in [-0.2, 0) is 0 Å². The molecule has 0 radical (unpaired) electrons. The van der Waals surface area contributed by atoms with E-state index >= 15 is 0 Å². The van der Waals surface area contributed by atoms with E-state index in [1.807, 2.05) is 60.7 Å². The maximum absolute atomic E-state index is 6.24. The number of rotatable bonds is 3. The van der Waals surface area contributed by atoms with Crippen LogP contribution in [0.4, 0.5) is 0 Å². The highest BCUT2D eigenvalue weighted by Gasteiger charge is 2.14. The van der Waals surface area contributed by atoms with Gasteiger partial charge in [0, 0.05) is 17.0 Å². The fourth-order valence-electron chi connectivity index (χ4n) is 3.01. The zero-order valence-electron chi connectivity index (χ0n) is 14.1. The Kier molecular flexibility index (Phi) is 4.00. The number of nitrogens with zero attached hydrogens (tertiary/aromatic N) is 2. The van der Waals surface area contributed by atoms with Crippen molar-refractivity contribution in [1.29, 1.82) is 0 Å². The van der Waals surface area contributed by atoms with Crippen molar-refractivity contribution in [2.45, 2.75) is 0 Å². The van der Waals surface area contributed by atoms with Gasteiger partial charge in [0.05, 0.1) is 20.8 Å². The van der Waals surface area contributed by atoms with Gasteiger partial charge in [-0.25, -0.2) is 9.97 Å². The molecule has 0 N–H and O–H groups in total. The molecule has 0 saturated carbocycles. The molecule has 5 heteroatoms. The van der Waals surface area contributed by atoms with Gasteiger partial charge in [0.1, 0.15) is 10.8 Å².